The molecule has 0 heterocycles. The number of nitrogens with two attached hydrogens (primary N) is 3. The van der Waals surface area contributed by atoms with Gasteiger partial charge in [-0.25, -0.2) is 0 Å². The summed E-state index contributed by atoms with van der Waals surface area (Å²) in [5.41, 5.74) is 17.0. The van der Waals surface area contributed by atoms with Crippen molar-refractivity contribution in [3.63, 3.8) is 0 Å². The highest BCUT2D eigenvalue weighted by Gasteiger charge is 2.10. The largest absolute Gasteiger partial charge is 0.370 e. The topological polar surface area (TPSA) is 102 Å². The molecule has 16 heavy (non-hydrogen) atoms. The molecule has 0 rings (SSSR count). The summed E-state index contributed by atoms with van der Waals surface area (Å²) in [5, 5.41) is 3.03. The van der Waals surface area contributed by atoms with E-state index in [0.29, 0.717) is 12.5 Å². The van der Waals surface area contributed by atoms with Crippen LogP contribution in [0.2, 0.25) is 0 Å². The van der Waals surface area contributed by atoms with E-state index in [9.17, 15) is 0 Å². The molecule has 0 aliphatic rings. The van der Waals surface area contributed by atoms with Crippen molar-refractivity contribution in [3.8, 4) is 0 Å². The van der Waals surface area contributed by atoms with Crippen LogP contribution in [0, 0.1) is 0 Å². The Morgan fingerprint density at radius 3 is 2.00 bits per heavy atom. The van der Waals surface area contributed by atoms with E-state index >= 15 is 0 Å². The average molecular weight is 229 g/mol. The molecule has 0 radical (unpaired) electrons. The Morgan fingerprint density at radius 2 is 1.56 bits per heavy atom. The molecule has 7 N–H and O–H groups in total. The fraction of sp³-hybridized carbons (Fsp3) is 0.909. The zero-order valence-corrected chi connectivity index (χ0v) is 11.0. The number of nitrogens with one attached hydrogen (secondary N) is 1. The lowest BCUT2D eigenvalue weighted by atomic mass is 10.0. The fourth-order valence-corrected chi connectivity index (χ4v) is 1.03. The maximum atomic E-state index is 5.84. The normalized spacial score (nSPS) is 14.0. The third-order valence-corrected chi connectivity index (χ3v) is 2.11. The average Bonchev–Trinajstić information content (AvgIpc) is 1.98. The molecule has 0 bridgehead atoms. The van der Waals surface area contributed by atoms with Gasteiger partial charge in [-0.1, -0.05) is 0 Å². The predicted molar refractivity (Wildman–Crippen MR) is 70.3 cm³/mol. The van der Waals surface area contributed by atoms with Crippen LogP contribution in [0.1, 0.15) is 40.5 Å². The molecular weight excluding hydrogens is 202 g/mol. The molecule has 0 amide bonds. The number of hydrogen-bond donors (Lipinski definition) is 4. The van der Waals surface area contributed by atoms with E-state index < -0.39 is 0 Å². The predicted octanol–water partition coefficient (Wildman–Crippen LogP) is 0.146. The van der Waals surface area contributed by atoms with Gasteiger partial charge in [0.2, 0.25) is 0 Å². The van der Waals surface area contributed by atoms with Crippen LogP contribution in [0.25, 0.3) is 0 Å². The first-order valence-electron chi connectivity index (χ1n) is 5.72. The van der Waals surface area contributed by atoms with Crippen LogP contribution in [0.15, 0.2) is 4.99 Å². The summed E-state index contributed by atoms with van der Waals surface area (Å²) in [5.74, 6) is 0.466. The van der Waals surface area contributed by atoms with Crippen molar-refractivity contribution in [2.24, 2.45) is 22.2 Å². The first kappa shape index (κ1) is 15.2. The Morgan fingerprint density at radius 1 is 1.06 bits per heavy atom. The van der Waals surface area contributed by atoms with Crippen LogP contribution in [0.3, 0.4) is 0 Å². The fourth-order valence-electron chi connectivity index (χ4n) is 1.03. The third kappa shape index (κ3) is 11.3. The number of guanidine groups is 1. The van der Waals surface area contributed by atoms with E-state index in [1.165, 1.54) is 0 Å². The molecule has 0 aromatic carbocycles. The molecule has 0 spiro atoms. The quantitative estimate of drug-likeness (QED) is 0.384. The highest BCUT2D eigenvalue weighted by molar-refractivity contribution is 5.77. The molecule has 0 unspecified atom stereocenters. The van der Waals surface area contributed by atoms with Gasteiger partial charge in [-0.2, -0.15) is 0 Å². The smallest absolute Gasteiger partial charge is 0.188 e. The highest BCUT2D eigenvalue weighted by Crippen LogP contribution is 2.03. The van der Waals surface area contributed by atoms with Gasteiger partial charge >= 0.3 is 0 Å². The van der Waals surface area contributed by atoms with E-state index in [1.54, 1.807) is 0 Å². The lowest BCUT2D eigenvalue weighted by Crippen LogP contribution is -2.40. The third-order valence-electron chi connectivity index (χ3n) is 2.11. The Bertz CT molecular complexity index is 222. The van der Waals surface area contributed by atoms with Crippen LogP contribution in [-0.2, 0) is 0 Å². The number of aliphatic imine (C=N–C) groups is 1. The zero-order chi connectivity index (χ0) is 12.8. The standard InChI is InChI=1S/C11H27N5/c1-10(2,13)5-7-15-9(12)16-8-6-11(3,4)14/h5-8,13-14H2,1-4H3,(H3,12,15,16). The Kier molecular flexibility index (Phi) is 5.75. The molecule has 5 nitrogen and oxygen atoms in total. The molecule has 0 aliphatic heterocycles. The van der Waals surface area contributed by atoms with Gasteiger partial charge in [0.15, 0.2) is 5.96 Å². The summed E-state index contributed by atoms with van der Waals surface area (Å²) < 4.78 is 0. The summed E-state index contributed by atoms with van der Waals surface area (Å²) in [6, 6.07) is 0. The molecule has 5 heteroatoms. The van der Waals surface area contributed by atoms with E-state index in [0.717, 1.165) is 19.4 Å². The lowest BCUT2D eigenvalue weighted by molar-refractivity contribution is 0.472. The number of nitrogens with zero attached hydrogens (tertiary/aromatic N) is 1. The minimum absolute atomic E-state index is 0.174. The summed E-state index contributed by atoms with van der Waals surface area (Å²) in [6.45, 7) is 9.31. The Balaban J connectivity index is 3.72. The zero-order valence-electron chi connectivity index (χ0n) is 11.0. The van der Waals surface area contributed by atoms with Gasteiger partial charge in [0.1, 0.15) is 0 Å². The maximum absolute atomic E-state index is 5.84. The van der Waals surface area contributed by atoms with Crippen LogP contribution in [0.4, 0.5) is 0 Å². The second-order valence-corrected chi connectivity index (χ2v) is 5.67. The van der Waals surface area contributed by atoms with Gasteiger partial charge in [-0.15, -0.1) is 0 Å². The maximum Gasteiger partial charge on any atom is 0.188 e. The van der Waals surface area contributed by atoms with Crippen molar-refractivity contribution >= 4 is 5.96 Å². The van der Waals surface area contributed by atoms with Gasteiger partial charge in [0.25, 0.3) is 0 Å². The minimum atomic E-state index is -0.191. The summed E-state index contributed by atoms with van der Waals surface area (Å²) >= 11 is 0. The summed E-state index contributed by atoms with van der Waals surface area (Å²) in [7, 11) is 0. The molecule has 0 aromatic rings. The monoisotopic (exact) mass is 229 g/mol. The Labute approximate surface area is 98.9 Å². The van der Waals surface area contributed by atoms with Crippen molar-refractivity contribution in [2.45, 2.75) is 51.6 Å². The molecule has 0 fully saturated rings. The van der Waals surface area contributed by atoms with Crippen LogP contribution >= 0.6 is 0 Å². The van der Waals surface area contributed by atoms with E-state index in [-0.39, 0.29) is 11.1 Å². The van der Waals surface area contributed by atoms with Gasteiger partial charge in [0, 0.05) is 24.2 Å². The van der Waals surface area contributed by atoms with Crippen LogP contribution in [0.5, 0.6) is 0 Å². The molecule has 0 saturated heterocycles. The lowest BCUT2D eigenvalue weighted by Gasteiger charge is -2.19. The number of hydrogen-bond acceptors (Lipinski definition) is 3. The first-order valence-corrected chi connectivity index (χ1v) is 5.72. The second-order valence-electron chi connectivity index (χ2n) is 5.67. The van der Waals surface area contributed by atoms with Crippen LogP contribution < -0.4 is 22.5 Å². The summed E-state index contributed by atoms with van der Waals surface area (Å²) in [6.07, 6.45) is 1.67. The molecular formula is C11H27N5. The highest BCUT2D eigenvalue weighted by atomic mass is 15.1. The number of rotatable bonds is 6. The van der Waals surface area contributed by atoms with E-state index in [2.05, 4.69) is 10.3 Å². The van der Waals surface area contributed by atoms with Gasteiger partial charge in [0.05, 0.1) is 0 Å². The van der Waals surface area contributed by atoms with Crippen molar-refractivity contribution in [3.05, 3.63) is 0 Å². The second kappa shape index (κ2) is 6.06. The molecule has 0 atom stereocenters. The minimum Gasteiger partial charge on any atom is -0.370 e. The first-order chi connectivity index (χ1) is 7.10. The summed E-state index contributed by atoms with van der Waals surface area (Å²) in [4.78, 5) is 4.19. The van der Waals surface area contributed by atoms with Gasteiger partial charge < -0.3 is 22.5 Å². The van der Waals surface area contributed by atoms with Crippen molar-refractivity contribution in [1.82, 2.24) is 5.32 Å². The van der Waals surface area contributed by atoms with E-state index in [4.69, 9.17) is 17.2 Å². The van der Waals surface area contributed by atoms with Gasteiger partial charge in [-0.3, -0.25) is 4.99 Å². The van der Waals surface area contributed by atoms with E-state index in [1.807, 2.05) is 27.7 Å². The van der Waals surface area contributed by atoms with Crippen molar-refractivity contribution in [1.29, 1.82) is 0 Å². The SMILES string of the molecule is CC(C)(N)CCN=C(N)NCCC(C)(C)N. The van der Waals surface area contributed by atoms with Gasteiger partial charge in [-0.05, 0) is 40.5 Å². The Hall–Kier alpha value is -0.810. The molecule has 0 aliphatic carbocycles. The van der Waals surface area contributed by atoms with Crippen molar-refractivity contribution < 1.29 is 0 Å². The van der Waals surface area contributed by atoms with Crippen LogP contribution in [-0.4, -0.2) is 30.1 Å². The van der Waals surface area contributed by atoms with Crippen molar-refractivity contribution in [2.75, 3.05) is 13.1 Å². The molecule has 0 aromatic heterocycles. The molecule has 0 saturated carbocycles. The molecule has 96 valence electrons.